The van der Waals surface area contributed by atoms with Crippen LogP contribution < -0.4 is 16.0 Å². The van der Waals surface area contributed by atoms with Crippen LogP contribution in [0.15, 0.2) is 5.76 Å². The van der Waals surface area contributed by atoms with Gasteiger partial charge in [-0.2, -0.15) is 4.98 Å². The van der Waals surface area contributed by atoms with Crippen LogP contribution in [0.1, 0.15) is 43.4 Å². The van der Waals surface area contributed by atoms with E-state index in [4.69, 9.17) is 10.5 Å². The Bertz CT molecular complexity index is 695. The number of piperazine rings is 1. The molecule has 1 aromatic rings. The third-order valence-electron chi connectivity index (χ3n) is 5.94. The number of aromatic nitrogens is 2. The lowest BCUT2D eigenvalue weighted by Crippen LogP contribution is -2.44. The summed E-state index contributed by atoms with van der Waals surface area (Å²) >= 11 is 0. The molecule has 1 saturated heterocycles. The van der Waals surface area contributed by atoms with Gasteiger partial charge in [-0.3, -0.25) is 0 Å². The second kappa shape index (κ2) is 5.62. The molecule has 0 amide bonds. The van der Waals surface area contributed by atoms with Gasteiger partial charge in [0.2, 0.25) is 5.95 Å². The largest absolute Gasteiger partial charge is 0.494 e. The predicted octanol–water partition coefficient (Wildman–Crippen LogP) is 1.71. The molecule has 0 bridgehead atoms. The summed E-state index contributed by atoms with van der Waals surface area (Å²) in [5.41, 5.74) is 9.85. The van der Waals surface area contributed by atoms with Crippen LogP contribution in [-0.4, -0.2) is 42.3 Å². The third kappa shape index (κ3) is 2.19. The van der Waals surface area contributed by atoms with Crippen LogP contribution in [-0.2, 0) is 11.2 Å². The standard InChI is InChI=1S/C18H25N5O/c19-18-21-16-12(17(22-18)23-9-7-20-8-10-23)5-6-14-15(16)11-3-1-2-4-13(11)24-14/h11,13,20H,1-10H2,(H2,19,21,22)/t11-,13-/m0/s1. The average molecular weight is 327 g/mol. The highest BCUT2D eigenvalue weighted by Crippen LogP contribution is 2.50. The first-order valence-electron chi connectivity index (χ1n) is 9.33. The Balaban J connectivity index is 1.59. The summed E-state index contributed by atoms with van der Waals surface area (Å²) in [6.45, 7) is 3.97. The number of anilines is 2. The molecule has 24 heavy (non-hydrogen) atoms. The number of rotatable bonds is 1. The number of fused-ring (bicyclic) bond motifs is 4. The minimum atomic E-state index is 0.369. The van der Waals surface area contributed by atoms with Crippen LogP contribution in [0.3, 0.4) is 0 Å². The van der Waals surface area contributed by atoms with Gasteiger partial charge in [-0.05, 0) is 25.7 Å². The van der Waals surface area contributed by atoms with Crippen molar-refractivity contribution in [3.8, 4) is 0 Å². The molecule has 1 saturated carbocycles. The van der Waals surface area contributed by atoms with Crippen molar-refractivity contribution in [1.82, 2.24) is 15.3 Å². The van der Waals surface area contributed by atoms with Gasteiger partial charge in [0.15, 0.2) is 0 Å². The van der Waals surface area contributed by atoms with E-state index in [2.05, 4.69) is 20.2 Å². The van der Waals surface area contributed by atoms with Crippen LogP contribution in [0.25, 0.3) is 5.57 Å². The summed E-state index contributed by atoms with van der Waals surface area (Å²) in [5, 5.41) is 3.41. The van der Waals surface area contributed by atoms with E-state index in [1.165, 1.54) is 42.6 Å². The van der Waals surface area contributed by atoms with Crippen molar-refractivity contribution in [1.29, 1.82) is 0 Å². The molecule has 0 spiro atoms. The molecule has 0 radical (unpaired) electrons. The minimum Gasteiger partial charge on any atom is -0.494 e. The van der Waals surface area contributed by atoms with Gasteiger partial charge >= 0.3 is 0 Å². The monoisotopic (exact) mass is 327 g/mol. The van der Waals surface area contributed by atoms with Crippen LogP contribution in [0.4, 0.5) is 11.8 Å². The maximum absolute atomic E-state index is 6.31. The van der Waals surface area contributed by atoms with Gasteiger partial charge in [-0.1, -0.05) is 6.42 Å². The Morgan fingerprint density at radius 3 is 2.79 bits per heavy atom. The first-order valence-corrected chi connectivity index (χ1v) is 9.33. The Morgan fingerprint density at radius 1 is 1.08 bits per heavy atom. The van der Waals surface area contributed by atoms with Crippen molar-refractivity contribution in [2.75, 3.05) is 36.8 Å². The second-order valence-corrected chi connectivity index (χ2v) is 7.35. The number of nitrogen functional groups attached to an aromatic ring is 1. The average Bonchev–Trinajstić information content (AvgIpc) is 3.01. The molecular formula is C18H25N5O. The molecule has 4 aliphatic rings. The zero-order valence-electron chi connectivity index (χ0n) is 14.1. The molecule has 1 aromatic heterocycles. The van der Waals surface area contributed by atoms with Gasteiger partial charge in [0, 0.05) is 49.7 Å². The van der Waals surface area contributed by atoms with Gasteiger partial charge in [0.25, 0.3) is 0 Å². The number of nitrogens with one attached hydrogen (secondary N) is 1. The molecule has 2 aliphatic heterocycles. The molecule has 6 heteroatoms. The minimum absolute atomic E-state index is 0.369. The summed E-state index contributed by atoms with van der Waals surface area (Å²) in [6, 6.07) is 0. The van der Waals surface area contributed by atoms with Crippen molar-refractivity contribution in [3.05, 3.63) is 17.0 Å². The van der Waals surface area contributed by atoms with Crippen LogP contribution in [0, 0.1) is 5.92 Å². The maximum atomic E-state index is 6.31. The quantitative estimate of drug-likeness (QED) is 0.818. The highest BCUT2D eigenvalue weighted by molar-refractivity contribution is 5.77. The van der Waals surface area contributed by atoms with Crippen molar-refractivity contribution in [3.63, 3.8) is 0 Å². The second-order valence-electron chi connectivity index (χ2n) is 7.35. The van der Waals surface area contributed by atoms with Gasteiger partial charge in [-0.25, -0.2) is 4.98 Å². The van der Waals surface area contributed by atoms with Crippen molar-refractivity contribution < 1.29 is 4.74 Å². The number of nitrogens with two attached hydrogens (primary N) is 1. The zero-order chi connectivity index (χ0) is 16.1. The van der Waals surface area contributed by atoms with E-state index in [1.807, 2.05) is 0 Å². The molecule has 0 unspecified atom stereocenters. The molecule has 2 atom stereocenters. The normalized spacial score (nSPS) is 28.9. The third-order valence-corrected chi connectivity index (χ3v) is 5.94. The molecule has 3 heterocycles. The van der Waals surface area contributed by atoms with E-state index < -0.39 is 0 Å². The molecule has 2 aliphatic carbocycles. The summed E-state index contributed by atoms with van der Waals surface area (Å²) < 4.78 is 6.31. The van der Waals surface area contributed by atoms with Crippen molar-refractivity contribution in [2.24, 2.45) is 5.92 Å². The van der Waals surface area contributed by atoms with Gasteiger partial charge < -0.3 is 20.7 Å². The molecule has 128 valence electrons. The molecule has 6 nitrogen and oxygen atoms in total. The van der Waals surface area contributed by atoms with E-state index in [0.29, 0.717) is 18.0 Å². The Kier molecular flexibility index (Phi) is 3.40. The van der Waals surface area contributed by atoms with Gasteiger partial charge in [0.1, 0.15) is 17.7 Å². The van der Waals surface area contributed by atoms with Crippen molar-refractivity contribution in [2.45, 2.75) is 44.6 Å². The summed E-state index contributed by atoms with van der Waals surface area (Å²) in [4.78, 5) is 11.7. The van der Waals surface area contributed by atoms with E-state index in [9.17, 15) is 0 Å². The molecule has 5 rings (SSSR count). The Hall–Kier alpha value is -1.82. The molecule has 2 fully saturated rings. The summed E-state index contributed by atoms with van der Waals surface area (Å²) in [5.74, 6) is 3.15. The smallest absolute Gasteiger partial charge is 0.222 e. The lowest BCUT2D eigenvalue weighted by Gasteiger charge is -2.32. The number of hydrogen-bond acceptors (Lipinski definition) is 6. The van der Waals surface area contributed by atoms with Crippen LogP contribution in [0.2, 0.25) is 0 Å². The lowest BCUT2D eigenvalue weighted by molar-refractivity contribution is 0.0793. The predicted molar refractivity (Wildman–Crippen MR) is 93.6 cm³/mol. The first-order chi connectivity index (χ1) is 11.8. The summed E-state index contributed by atoms with van der Waals surface area (Å²) in [6.07, 6.45) is 7.30. The molecular weight excluding hydrogens is 302 g/mol. The first kappa shape index (κ1) is 14.5. The number of allylic oxidation sites excluding steroid dienone is 1. The summed E-state index contributed by atoms with van der Waals surface area (Å²) in [7, 11) is 0. The Morgan fingerprint density at radius 2 is 1.92 bits per heavy atom. The molecule has 3 N–H and O–H groups in total. The fourth-order valence-electron chi connectivity index (χ4n) is 4.84. The van der Waals surface area contributed by atoms with Gasteiger partial charge in [-0.15, -0.1) is 0 Å². The van der Waals surface area contributed by atoms with Crippen LogP contribution in [0.5, 0.6) is 0 Å². The zero-order valence-corrected chi connectivity index (χ0v) is 14.1. The van der Waals surface area contributed by atoms with E-state index in [0.717, 1.165) is 50.5 Å². The highest BCUT2D eigenvalue weighted by atomic mass is 16.5. The van der Waals surface area contributed by atoms with Crippen molar-refractivity contribution >= 4 is 17.3 Å². The van der Waals surface area contributed by atoms with Crippen LogP contribution >= 0.6 is 0 Å². The fraction of sp³-hybridized carbons (Fsp3) is 0.667. The molecule has 0 aromatic carbocycles. The van der Waals surface area contributed by atoms with E-state index in [1.54, 1.807) is 0 Å². The fourth-order valence-corrected chi connectivity index (χ4v) is 4.84. The Labute approximate surface area is 142 Å². The van der Waals surface area contributed by atoms with E-state index >= 15 is 0 Å². The topological polar surface area (TPSA) is 76.3 Å². The van der Waals surface area contributed by atoms with E-state index in [-0.39, 0.29) is 0 Å². The number of hydrogen-bond donors (Lipinski definition) is 2. The number of ether oxygens (including phenoxy) is 1. The van der Waals surface area contributed by atoms with Gasteiger partial charge in [0.05, 0.1) is 5.69 Å². The SMILES string of the molecule is Nc1nc2c(c(N3CCNCC3)n1)CCC1=C2[C@H]2CCCC[C@@H]2O1. The lowest BCUT2D eigenvalue weighted by atomic mass is 9.78. The highest BCUT2D eigenvalue weighted by Gasteiger charge is 2.42. The maximum Gasteiger partial charge on any atom is 0.222 e. The number of nitrogens with zero attached hydrogens (tertiary/aromatic N) is 3.